The summed E-state index contributed by atoms with van der Waals surface area (Å²) in [6, 6.07) is 15.9. The minimum atomic E-state index is -0.0518. The summed E-state index contributed by atoms with van der Waals surface area (Å²) in [6.45, 7) is 3.87. The van der Waals surface area contributed by atoms with E-state index in [1.807, 2.05) is 18.2 Å². The fraction of sp³-hybridized carbons (Fsp3) is 0.261. The second kappa shape index (κ2) is 7.80. The van der Waals surface area contributed by atoms with E-state index >= 15 is 0 Å². The van der Waals surface area contributed by atoms with Crippen LogP contribution in [0.25, 0.3) is 11.3 Å². The summed E-state index contributed by atoms with van der Waals surface area (Å²) in [5.41, 5.74) is 4.21. The average molecular weight is 372 g/mol. The van der Waals surface area contributed by atoms with E-state index in [1.54, 1.807) is 30.1 Å². The van der Waals surface area contributed by atoms with Crippen molar-refractivity contribution in [2.24, 2.45) is 7.05 Å². The number of hydrogen-bond donors (Lipinski definition) is 0. The normalized spacial score (nSPS) is 15.2. The lowest BCUT2D eigenvalue weighted by Gasteiger charge is -2.32. The lowest BCUT2D eigenvalue weighted by molar-refractivity contribution is 0.680. The zero-order chi connectivity index (χ0) is 19.5. The molecule has 3 aromatic rings. The fourth-order valence-electron chi connectivity index (χ4n) is 3.69. The highest BCUT2D eigenvalue weighted by molar-refractivity contribution is 5.59. The van der Waals surface area contributed by atoms with E-state index in [0.717, 1.165) is 25.1 Å². The summed E-state index contributed by atoms with van der Waals surface area (Å²) < 4.78 is 1.64. The number of aromatic nitrogens is 3. The Balaban J connectivity index is 1.65. The SMILES string of the molecule is CC(C1=CCCN(c2nc(-c3ccncc3)cc(=O)n2C)C1)c1ccccc1. The van der Waals surface area contributed by atoms with Gasteiger partial charge in [-0.2, -0.15) is 0 Å². The first kappa shape index (κ1) is 18.2. The van der Waals surface area contributed by atoms with Crippen molar-refractivity contribution in [2.75, 3.05) is 18.0 Å². The van der Waals surface area contributed by atoms with Crippen LogP contribution in [0.5, 0.6) is 0 Å². The minimum absolute atomic E-state index is 0.0518. The highest BCUT2D eigenvalue weighted by Crippen LogP contribution is 2.29. The molecule has 1 aliphatic rings. The molecule has 0 amide bonds. The molecule has 5 nitrogen and oxygen atoms in total. The Bertz CT molecular complexity index is 1040. The summed E-state index contributed by atoms with van der Waals surface area (Å²) in [6.07, 6.45) is 6.72. The lowest BCUT2D eigenvalue weighted by Crippen LogP contribution is -2.36. The lowest BCUT2D eigenvalue weighted by atomic mass is 9.90. The van der Waals surface area contributed by atoms with Gasteiger partial charge in [-0.15, -0.1) is 0 Å². The van der Waals surface area contributed by atoms with Gasteiger partial charge in [0.2, 0.25) is 5.95 Å². The molecule has 4 rings (SSSR count). The third-order valence-electron chi connectivity index (χ3n) is 5.40. The predicted octanol–water partition coefficient (Wildman–Crippen LogP) is 3.78. The molecule has 3 heterocycles. The molecule has 1 unspecified atom stereocenters. The molecule has 5 heteroatoms. The van der Waals surface area contributed by atoms with Crippen LogP contribution in [0.15, 0.2) is 77.4 Å². The molecule has 0 saturated carbocycles. The van der Waals surface area contributed by atoms with Crippen molar-refractivity contribution in [2.45, 2.75) is 19.3 Å². The minimum Gasteiger partial charge on any atom is -0.338 e. The Labute approximate surface area is 165 Å². The highest BCUT2D eigenvalue weighted by atomic mass is 16.1. The van der Waals surface area contributed by atoms with Gasteiger partial charge in [0.1, 0.15) is 0 Å². The molecule has 0 radical (unpaired) electrons. The predicted molar refractivity (Wildman–Crippen MR) is 112 cm³/mol. The first-order valence-corrected chi connectivity index (χ1v) is 9.61. The van der Waals surface area contributed by atoms with Gasteiger partial charge in [-0.3, -0.25) is 14.3 Å². The zero-order valence-corrected chi connectivity index (χ0v) is 16.2. The van der Waals surface area contributed by atoms with Gasteiger partial charge in [0.15, 0.2) is 0 Å². The molecule has 1 aliphatic heterocycles. The Kier molecular flexibility index (Phi) is 5.06. The van der Waals surface area contributed by atoms with Gasteiger partial charge in [0.05, 0.1) is 5.69 Å². The van der Waals surface area contributed by atoms with Crippen LogP contribution in [-0.2, 0) is 7.05 Å². The van der Waals surface area contributed by atoms with Crippen molar-refractivity contribution in [1.29, 1.82) is 0 Å². The third-order valence-corrected chi connectivity index (χ3v) is 5.40. The van der Waals surface area contributed by atoms with Crippen molar-refractivity contribution in [3.63, 3.8) is 0 Å². The highest BCUT2D eigenvalue weighted by Gasteiger charge is 2.22. The Morgan fingerprint density at radius 3 is 2.57 bits per heavy atom. The summed E-state index contributed by atoms with van der Waals surface area (Å²) in [4.78, 5) is 23.7. The van der Waals surface area contributed by atoms with E-state index in [1.165, 1.54) is 11.1 Å². The van der Waals surface area contributed by atoms with Crippen LogP contribution in [0.2, 0.25) is 0 Å². The van der Waals surface area contributed by atoms with Crippen LogP contribution in [0, 0.1) is 0 Å². The van der Waals surface area contributed by atoms with Gasteiger partial charge in [-0.25, -0.2) is 4.98 Å². The van der Waals surface area contributed by atoms with Crippen molar-refractivity contribution in [1.82, 2.24) is 14.5 Å². The molecule has 0 aliphatic carbocycles. The maximum absolute atomic E-state index is 12.6. The second-order valence-corrected chi connectivity index (χ2v) is 7.20. The second-order valence-electron chi connectivity index (χ2n) is 7.20. The maximum Gasteiger partial charge on any atom is 0.255 e. The fourth-order valence-corrected chi connectivity index (χ4v) is 3.69. The average Bonchev–Trinajstić information content (AvgIpc) is 2.76. The van der Waals surface area contributed by atoms with Gasteiger partial charge >= 0.3 is 0 Å². The number of pyridine rings is 1. The number of hydrogen-bond acceptors (Lipinski definition) is 4. The number of benzene rings is 1. The maximum atomic E-state index is 12.6. The van der Waals surface area contributed by atoms with Crippen molar-refractivity contribution >= 4 is 5.95 Å². The van der Waals surface area contributed by atoms with Crippen molar-refractivity contribution in [3.05, 3.63) is 88.5 Å². The molecule has 0 N–H and O–H groups in total. The van der Waals surface area contributed by atoms with Crippen LogP contribution >= 0.6 is 0 Å². The summed E-state index contributed by atoms with van der Waals surface area (Å²) in [5, 5.41) is 0. The molecule has 0 bridgehead atoms. The molecule has 2 aromatic heterocycles. The topological polar surface area (TPSA) is 51.0 Å². The van der Waals surface area contributed by atoms with Crippen LogP contribution in [0.1, 0.15) is 24.8 Å². The molecule has 0 fully saturated rings. The molecule has 142 valence electrons. The van der Waals surface area contributed by atoms with Crippen LogP contribution in [0.4, 0.5) is 5.95 Å². The largest absolute Gasteiger partial charge is 0.338 e. The molecule has 1 aromatic carbocycles. The van der Waals surface area contributed by atoms with Crippen LogP contribution < -0.4 is 10.5 Å². The molecule has 1 atom stereocenters. The van der Waals surface area contributed by atoms with E-state index in [2.05, 4.69) is 47.1 Å². The van der Waals surface area contributed by atoms with Gasteiger partial charge < -0.3 is 4.90 Å². The number of rotatable bonds is 4. The summed E-state index contributed by atoms with van der Waals surface area (Å²) in [5.74, 6) is 1.05. The first-order valence-electron chi connectivity index (χ1n) is 9.61. The van der Waals surface area contributed by atoms with Crippen LogP contribution in [-0.4, -0.2) is 27.6 Å². The molecular formula is C23H24N4O. The molecular weight excluding hydrogens is 348 g/mol. The standard InChI is InChI=1S/C23H24N4O/c1-17(18-7-4-3-5-8-18)20-9-6-14-27(16-20)23-25-21(15-22(28)26(23)2)19-10-12-24-13-11-19/h3-5,7-13,15,17H,6,14,16H2,1-2H3. The monoisotopic (exact) mass is 372 g/mol. The van der Waals surface area contributed by atoms with Gasteiger partial charge in [-0.1, -0.05) is 43.3 Å². The van der Waals surface area contributed by atoms with E-state index in [-0.39, 0.29) is 5.56 Å². The van der Waals surface area contributed by atoms with Gasteiger partial charge in [0, 0.05) is 50.1 Å². The number of nitrogens with zero attached hydrogens (tertiary/aromatic N) is 4. The summed E-state index contributed by atoms with van der Waals surface area (Å²) in [7, 11) is 1.79. The Morgan fingerprint density at radius 2 is 1.82 bits per heavy atom. The quantitative estimate of drug-likeness (QED) is 0.654. The van der Waals surface area contributed by atoms with Crippen LogP contribution in [0.3, 0.4) is 0 Å². The third kappa shape index (κ3) is 3.60. The molecule has 0 saturated heterocycles. The Hall–Kier alpha value is -3.21. The smallest absolute Gasteiger partial charge is 0.255 e. The van der Waals surface area contributed by atoms with Crippen molar-refractivity contribution in [3.8, 4) is 11.3 Å². The van der Waals surface area contributed by atoms with E-state index in [4.69, 9.17) is 4.98 Å². The van der Waals surface area contributed by atoms with Crippen molar-refractivity contribution < 1.29 is 0 Å². The molecule has 0 spiro atoms. The van der Waals surface area contributed by atoms with E-state index in [0.29, 0.717) is 17.6 Å². The Morgan fingerprint density at radius 1 is 1.07 bits per heavy atom. The van der Waals surface area contributed by atoms with E-state index < -0.39 is 0 Å². The van der Waals surface area contributed by atoms with Gasteiger partial charge in [0.25, 0.3) is 5.56 Å². The van der Waals surface area contributed by atoms with E-state index in [9.17, 15) is 4.79 Å². The molecule has 28 heavy (non-hydrogen) atoms. The summed E-state index contributed by atoms with van der Waals surface area (Å²) >= 11 is 0. The van der Waals surface area contributed by atoms with Gasteiger partial charge in [-0.05, 0) is 29.7 Å². The number of anilines is 1. The first-order chi connectivity index (χ1) is 13.6. The zero-order valence-electron chi connectivity index (χ0n) is 16.2.